The summed E-state index contributed by atoms with van der Waals surface area (Å²) in [6, 6.07) is 13.4. The summed E-state index contributed by atoms with van der Waals surface area (Å²) in [5, 5.41) is 39.2. The number of halogens is 1. The number of aliphatic hydroxyl groups excluding tert-OH is 3. The van der Waals surface area contributed by atoms with Crippen LogP contribution >= 0.6 is 0 Å². The first-order chi connectivity index (χ1) is 15.0. The van der Waals surface area contributed by atoms with Gasteiger partial charge in [0.25, 0.3) is 0 Å². The molecule has 0 radical (unpaired) electrons. The van der Waals surface area contributed by atoms with Gasteiger partial charge in [-0.25, -0.2) is 0 Å². The van der Waals surface area contributed by atoms with Gasteiger partial charge in [0.2, 0.25) is 0 Å². The first kappa shape index (κ1) is 21.8. The van der Waals surface area contributed by atoms with E-state index in [1.165, 1.54) is 29.1 Å². The van der Waals surface area contributed by atoms with Crippen molar-refractivity contribution >= 4 is 18.5 Å². The number of hydrogen-bond donors (Lipinski definition) is 4. The molecule has 9 nitrogen and oxygen atoms in total. The molecule has 6 atom stereocenters. The maximum atomic E-state index is 13.5. The van der Waals surface area contributed by atoms with E-state index in [1.54, 1.807) is 36.4 Å². The number of rotatable bonds is 6. The molecule has 1 aliphatic heterocycles. The number of hydrogen-bond acceptors (Lipinski definition) is 7. The molecule has 0 spiro atoms. The van der Waals surface area contributed by atoms with E-state index in [2.05, 4.69) is 14.6 Å². The van der Waals surface area contributed by atoms with Gasteiger partial charge in [0.05, 0.1) is 0 Å². The van der Waals surface area contributed by atoms with Crippen LogP contribution < -0.4 is 8.79 Å². The topological polar surface area (TPSA) is 130 Å². The molecular weight excluding hydrogens is 474 g/mol. The Bertz CT molecular complexity index is 1050. The predicted octanol–water partition coefficient (Wildman–Crippen LogP) is -0.520. The first-order valence-electron chi connectivity index (χ1n) is 9.51. The quantitative estimate of drug-likeness (QED) is 0.337. The maximum absolute atomic E-state index is 13.5. The van der Waals surface area contributed by atoms with Crippen LogP contribution in [0.2, 0.25) is 0 Å². The van der Waals surface area contributed by atoms with Crippen molar-refractivity contribution < 1.29 is 28.3 Å². The van der Waals surface area contributed by atoms with Crippen LogP contribution in [-0.4, -0.2) is 75.5 Å². The second-order valence-electron chi connectivity index (χ2n) is 7.04. The van der Waals surface area contributed by atoms with Gasteiger partial charge in [-0.05, 0) is 0 Å². The van der Waals surface area contributed by atoms with E-state index in [-0.39, 0.29) is 0 Å². The van der Waals surface area contributed by atoms with Crippen LogP contribution in [0.1, 0.15) is 6.04 Å². The Morgan fingerprint density at radius 2 is 1.90 bits per heavy atom. The fourth-order valence-electron chi connectivity index (χ4n) is 3.43. The van der Waals surface area contributed by atoms with Crippen molar-refractivity contribution in [2.45, 2.75) is 30.6 Å². The number of nitrogens with one attached hydrogen (secondary N) is 1. The molecule has 2 heterocycles. The van der Waals surface area contributed by atoms with Crippen LogP contribution in [0, 0.1) is 5.82 Å². The third-order valence-corrected chi connectivity index (χ3v) is 7.41. The van der Waals surface area contributed by atoms with Crippen LogP contribution in [-0.2, 0) is 8.57 Å². The van der Waals surface area contributed by atoms with Crippen molar-refractivity contribution in [1.82, 2.24) is 19.3 Å². The van der Waals surface area contributed by atoms with Gasteiger partial charge in [0.15, 0.2) is 0 Å². The van der Waals surface area contributed by atoms with E-state index in [0.717, 1.165) is 0 Å². The van der Waals surface area contributed by atoms with Crippen molar-refractivity contribution in [1.29, 1.82) is 0 Å². The summed E-state index contributed by atoms with van der Waals surface area (Å²) >= 11 is -2.78. The third-order valence-electron chi connectivity index (χ3n) is 5.01. The minimum atomic E-state index is -2.78. The summed E-state index contributed by atoms with van der Waals surface area (Å²) in [6.45, 7) is -0.525. The van der Waals surface area contributed by atoms with Gasteiger partial charge < -0.3 is 0 Å². The van der Waals surface area contributed by atoms with E-state index in [1.807, 2.05) is 0 Å². The normalized spacial score (nSPS) is 27.2. The van der Waals surface area contributed by atoms with Crippen LogP contribution in [0.25, 0.3) is 11.3 Å². The molecule has 164 valence electrons. The number of ether oxygens (including phenoxy) is 1. The average molecular weight is 495 g/mol. The number of aromatic nitrogens is 3. The van der Waals surface area contributed by atoms with Crippen molar-refractivity contribution in [3.05, 3.63) is 66.6 Å². The van der Waals surface area contributed by atoms with E-state index < -0.39 is 57.1 Å². The Morgan fingerprint density at radius 1 is 1.13 bits per heavy atom. The van der Waals surface area contributed by atoms with E-state index >= 15 is 0 Å². The fourth-order valence-corrected chi connectivity index (χ4v) is 5.42. The molecule has 4 N–H and O–H groups in total. The Morgan fingerprint density at radius 3 is 2.61 bits per heavy atom. The molecule has 11 heteroatoms. The second-order valence-corrected chi connectivity index (χ2v) is 9.65. The molecule has 0 amide bonds. The second kappa shape index (κ2) is 9.41. The van der Waals surface area contributed by atoms with Gasteiger partial charge in [-0.1, -0.05) is 0 Å². The van der Waals surface area contributed by atoms with Crippen molar-refractivity contribution in [3.63, 3.8) is 0 Å². The van der Waals surface area contributed by atoms with E-state index in [4.69, 9.17) is 4.74 Å². The predicted molar refractivity (Wildman–Crippen MR) is 108 cm³/mol. The van der Waals surface area contributed by atoms with Gasteiger partial charge in [-0.15, -0.1) is 0 Å². The van der Waals surface area contributed by atoms with Crippen LogP contribution in [0.4, 0.5) is 4.39 Å². The number of benzene rings is 2. The molecule has 0 bridgehead atoms. The average Bonchev–Trinajstić information content (AvgIpc) is 3.26. The fraction of sp³-hybridized carbons (Fsp3) is 0.300. The van der Waals surface area contributed by atoms with Gasteiger partial charge in [0.1, 0.15) is 0 Å². The molecule has 1 aromatic heterocycles. The minimum absolute atomic E-state index is 0.342. The number of aliphatic hydroxyl groups is 3. The summed E-state index contributed by atoms with van der Waals surface area (Å²) < 4.78 is 36.4. The van der Waals surface area contributed by atoms with Gasteiger partial charge >= 0.3 is 181 Å². The molecular formula is C20H21FN4O5Se. The summed E-state index contributed by atoms with van der Waals surface area (Å²) in [4.78, 5) is 0. The molecule has 2 aromatic carbocycles. The van der Waals surface area contributed by atoms with Crippen molar-refractivity contribution in [3.8, 4) is 11.3 Å². The Balaban J connectivity index is 1.59. The monoisotopic (exact) mass is 496 g/mol. The standard InChI is InChI=1S/C20H21FN4O5Se/c21-13-6-4-5-12(9-13)15-10-25(24-22-15)17-18(27)16(11-26)30-20(19(17)28)23-31(29)14-7-2-1-3-8-14/h1-10,16-20,23,26-28H,11H2/t16-,17+,18+,19-,20-,31?/m1/s1. The first-order valence-corrected chi connectivity index (χ1v) is 11.9. The zero-order valence-corrected chi connectivity index (χ0v) is 17.9. The van der Waals surface area contributed by atoms with E-state index in [0.29, 0.717) is 15.7 Å². The Hall–Kier alpha value is -2.37. The third kappa shape index (κ3) is 4.63. The summed E-state index contributed by atoms with van der Waals surface area (Å²) in [5.74, 6) is -0.436. The van der Waals surface area contributed by atoms with Crippen molar-refractivity contribution in [2.24, 2.45) is 0 Å². The molecule has 0 aliphatic carbocycles. The molecule has 1 saturated heterocycles. The van der Waals surface area contributed by atoms with Gasteiger partial charge in [0, 0.05) is 0 Å². The summed E-state index contributed by atoms with van der Waals surface area (Å²) in [7, 11) is 0. The van der Waals surface area contributed by atoms with Gasteiger partial charge in [-0.2, -0.15) is 0 Å². The molecule has 4 rings (SSSR count). The molecule has 3 aromatic rings. The molecule has 0 saturated carbocycles. The molecule has 1 fully saturated rings. The Labute approximate surface area is 181 Å². The number of nitrogens with zero attached hydrogens (tertiary/aromatic N) is 3. The Kier molecular flexibility index (Phi) is 6.63. The molecule has 1 aliphatic rings. The molecule has 31 heavy (non-hydrogen) atoms. The van der Waals surface area contributed by atoms with Crippen molar-refractivity contribution in [2.75, 3.05) is 6.61 Å². The molecule has 1 unspecified atom stereocenters. The summed E-state index contributed by atoms with van der Waals surface area (Å²) in [5.41, 5.74) is 0.820. The van der Waals surface area contributed by atoms with E-state index in [9.17, 15) is 23.5 Å². The van der Waals surface area contributed by atoms with Crippen LogP contribution in [0.3, 0.4) is 0 Å². The zero-order chi connectivity index (χ0) is 22.0. The summed E-state index contributed by atoms with van der Waals surface area (Å²) in [6.07, 6.45) is -3.40. The van der Waals surface area contributed by atoms with Crippen LogP contribution in [0.15, 0.2) is 60.8 Å². The SMILES string of the molecule is O=[Se](N[C@@H]1O[C@H](CO)[C@H](O)[C@H](n2cc(-c3cccc(F)c3)nn2)[C@H]1O)c1ccccc1. The van der Waals surface area contributed by atoms with Crippen LogP contribution in [0.5, 0.6) is 0 Å². The van der Waals surface area contributed by atoms with Gasteiger partial charge in [-0.3, -0.25) is 0 Å². The zero-order valence-electron chi connectivity index (χ0n) is 16.2.